The van der Waals surface area contributed by atoms with Gasteiger partial charge in [-0.3, -0.25) is 0 Å². The molecule has 0 radical (unpaired) electrons. The third-order valence-electron chi connectivity index (χ3n) is 3.76. The van der Waals surface area contributed by atoms with E-state index in [0.29, 0.717) is 17.1 Å². The number of hydrogen-bond donors (Lipinski definition) is 1. The second-order valence-electron chi connectivity index (χ2n) is 5.20. The van der Waals surface area contributed by atoms with Crippen LogP contribution in [0.2, 0.25) is 0 Å². The predicted molar refractivity (Wildman–Crippen MR) is 80.2 cm³/mol. The Morgan fingerprint density at radius 3 is 2.68 bits per heavy atom. The van der Waals surface area contributed by atoms with E-state index in [2.05, 4.69) is 6.07 Å². The fourth-order valence-electron chi connectivity index (χ4n) is 2.74. The van der Waals surface area contributed by atoms with Crippen molar-refractivity contribution >= 4 is 0 Å². The topological polar surface area (TPSA) is 89.2 Å². The van der Waals surface area contributed by atoms with Crippen LogP contribution in [0.3, 0.4) is 0 Å². The van der Waals surface area contributed by atoms with Crippen LogP contribution >= 0.6 is 0 Å². The molecule has 5 nitrogen and oxygen atoms in total. The summed E-state index contributed by atoms with van der Waals surface area (Å²) in [4.78, 5) is 12.3. The molecule has 5 heteroatoms. The molecule has 110 valence electrons. The molecule has 3 rings (SSSR count). The summed E-state index contributed by atoms with van der Waals surface area (Å²) in [6.45, 7) is 3.58. The minimum atomic E-state index is -0.577. The SMILES string of the molecule is Cc1cc2c(c(=O)o1)[C@@H](c1ccccc1C)C(C#N)=C(N)O2. The summed E-state index contributed by atoms with van der Waals surface area (Å²) < 4.78 is 10.7. The average molecular weight is 294 g/mol. The summed E-state index contributed by atoms with van der Waals surface area (Å²) in [5.74, 6) is 0.221. The van der Waals surface area contributed by atoms with Crippen LogP contribution < -0.4 is 16.1 Å². The maximum atomic E-state index is 12.3. The van der Waals surface area contributed by atoms with Gasteiger partial charge >= 0.3 is 5.63 Å². The third kappa shape index (κ3) is 2.06. The molecule has 2 N–H and O–H groups in total. The van der Waals surface area contributed by atoms with Gasteiger partial charge in [0.05, 0.1) is 11.5 Å². The smallest absolute Gasteiger partial charge is 0.343 e. The van der Waals surface area contributed by atoms with E-state index in [0.717, 1.165) is 11.1 Å². The highest BCUT2D eigenvalue weighted by molar-refractivity contribution is 5.55. The molecule has 2 heterocycles. The minimum absolute atomic E-state index is 0.0215. The van der Waals surface area contributed by atoms with Crippen molar-refractivity contribution in [2.24, 2.45) is 5.73 Å². The fourth-order valence-corrected chi connectivity index (χ4v) is 2.74. The number of ether oxygens (including phenoxy) is 1. The molecule has 0 bridgehead atoms. The molecule has 1 aliphatic rings. The Balaban J connectivity index is 2.35. The highest BCUT2D eigenvalue weighted by atomic mass is 16.5. The number of fused-ring (bicyclic) bond motifs is 1. The molecule has 0 unspecified atom stereocenters. The van der Waals surface area contributed by atoms with E-state index in [1.807, 2.05) is 31.2 Å². The van der Waals surface area contributed by atoms with Crippen LogP contribution in [0.5, 0.6) is 5.75 Å². The molecule has 1 atom stereocenters. The first-order chi connectivity index (χ1) is 10.5. The first kappa shape index (κ1) is 14.0. The van der Waals surface area contributed by atoms with E-state index in [9.17, 15) is 10.1 Å². The van der Waals surface area contributed by atoms with Crippen LogP contribution in [-0.2, 0) is 0 Å². The Morgan fingerprint density at radius 1 is 1.27 bits per heavy atom. The molecule has 1 aliphatic heterocycles. The van der Waals surface area contributed by atoms with Gasteiger partial charge in [0.25, 0.3) is 0 Å². The highest BCUT2D eigenvalue weighted by Crippen LogP contribution is 2.41. The molecular weight excluding hydrogens is 280 g/mol. The van der Waals surface area contributed by atoms with Gasteiger partial charge in [0.1, 0.15) is 23.2 Å². The molecule has 22 heavy (non-hydrogen) atoms. The van der Waals surface area contributed by atoms with Crippen molar-refractivity contribution in [3.63, 3.8) is 0 Å². The maximum Gasteiger partial charge on any atom is 0.343 e. The quantitative estimate of drug-likeness (QED) is 0.872. The Bertz CT molecular complexity index is 888. The number of nitrogens with zero attached hydrogens (tertiary/aromatic N) is 1. The van der Waals surface area contributed by atoms with Gasteiger partial charge < -0.3 is 14.9 Å². The van der Waals surface area contributed by atoms with Crippen molar-refractivity contribution in [1.82, 2.24) is 0 Å². The molecule has 2 aromatic rings. The standard InChI is InChI=1S/C17H14N2O3/c1-9-5-3-4-6-11(9)14-12(8-18)16(19)22-13-7-10(2)21-17(20)15(13)14/h3-7,14H,19H2,1-2H3/t14-/m0/s1. The maximum absolute atomic E-state index is 12.3. The van der Waals surface area contributed by atoms with E-state index in [-0.39, 0.29) is 11.5 Å². The minimum Gasteiger partial charge on any atom is -0.440 e. The zero-order valence-electron chi connectivity index (χ0n) is 12.2. The molecule has 0 saturated carbocycles. The Labute approximate surface area is 127 Å². The van der Waals surface area contributed by atoms with Gasteiger partial charge in [-0.1, -0.05) is 24.3 Å². The molecule has 0 amide bonds. The number of allylic oxidation sites excluding steroid dienone is 1. The van der Waals surface area contributed by atoms with Gasteiger partial charge in [0.15, 0.2) is 0 Å². The van der Waals surface area contributed by atoms with Gasteiger partial charge in [0, 0.05) is 6.07 Å². The summed E-state index contributed by atoms with van der Waals surface area (Å²) in [7, 11) is 0. The van der Waals surface area contributed by atoms with Crippen LogP contribution in [-0.4, -0.2) is 0 Å². The normalized spacial score (nSPS) is 16.7. The van der Waals surface area contributed by atoms with Crippen LogP contribution in [0, 0.1) is 25.2 Å². The number of aryl methyl sites for hydroxylation is 2. The van der Waals surface area contributed by atoms with Gasteiger partial charge in [-0.05, 0) is 25.0 Å². The molecular formula is C17H14N2O3. The molecule has 0 saturated heterocycles. The van der Waals surface area contributed by atoms with Crippen LogP contribution in [0.4, 0.5) is 0 Å². The highest BCUT2D eigenvalue weighted by Gasteiger charge is 2.34. The van der Waals surface area contributed by atoms with Gasteiger partial charge in [0.2, 0.25) is 5.88 Å². The van der Waals surface area contributed by atoms with E-state index in [1.54, 1.807) is 13.0 Å². The third-order valence-corrected chi connectivity index (χ3v) is 3.76. The number of benzene rings is 1. The summed E-state index contributed by atoms with van der Waals surface area (Å²) in [5, 5.41) is 9.45. The monoisotopic (exact) mass is 294 g/mol. The molecule has 0 spiro atoms. The van der Waals surface area contributed by atoms with Crippen molar-refractivity contribution in [2.45, 2.75) is 19.8 Å². The number of rotatable bonds is 1. The Hall–Kier alpha value is -3.00. The van der Waals surface area contributed by atoms with Crippen LogP contribution in [0.25, 0.3) is 0 Å². The lowest BCUT2D eigenvalue weighted by Crippen LogP contribution is -2.26. The van der Waals surface area contributed by atoms with Gasteiger partial charge in [-0.15, -0.1) is 0 Å². The molecule has 0 aliphatic carbocycles. The zero-order chi connectivity index (χ0) is 15.9. The number of nitriles is 1. The number of nitrogens with two attached hydrogens (primary N) is 1. The largest absolute Gasteiger partial charge is 0.440 e. The predicted octanol–water partition coefficient (Wildman–Crippen LogP) is 2.47. The van der Waals surface area contributed by atoms with E-state index < -0.39 is 11.5 Å². The Kier molecular flexibility index (Phi) is 3.22. The van der Waals surface area contributed by atoms with Crippen molar-refractivity contribution < 1.29 is 9.15 Å². The average Bonchev–Trinajstić information content (AvgIpc) is 2.46. The van der Waals surface area contributed by atoms with Crippen molar-refractivity contribution in [3.05, 3.63) is 74.7 Å². The number of hydrogen-bond acceptors (Lipinski definition) is 5. The zero-order valence-corrected chi connectivity index (χ0v) is 12.2. The van der Waals surface area contributed by atoms with E-state index >= 15 is 0 Å². The second kappa shape index (κ2) is 5.08. The molecule has 1 aromatic heterocycles. The summed E-state index contributed by atoms with van der Waals surface area (Å²) in [6.07, 6.45) is 0. The van der Waals surface area contributed by atoms with Crippen molar-refractivity contribution in [1.29, 1.82) is 5.26 Å². The summed E-state index contributed by atoms with van der Waals surface area (Å²) in [6, 6.07) is 11.2. The summed E-state index contributed by atoms with van der Waals surface area (Å²) >= 11 is 0. The van der Waals surface area contributed by atoms with Crippen LogP contribution in [0.15, 0.2) is 51.0 Å². The van der Waals surface area contributed by atoms with Gasteiger partial charge in [-0.25, -0.2) is 4.79 Å². The lowest BCUT2D eigenvalue weighted by molar-refractivity contribution is 0.371. The van der Waals surface area contributed by atoms with Crippen molar-refractivity contribution in [3.8, 4) is 11.8 Å². The first-order valence-electron chi connectivity index (χ1n) is 6.80. The van der Waals surface area contributed by atoms with Gasteiger partial charge in [-0.2, -0.15) is 5.26 Å². The fraction of sp³-hybridized carbons (Fsp3) is 0.176. The summed E-state index contributed by atoms with van der Waals surface area (Å²) in [5.41, 5.74) is 7.70. The Morgan fingerprint density at radius 2 is 2.00 bits per heavy atom. The van der Waals surface area contributed by atoms with E-state index in [1.165, 1.54) is 0 Å². The molecule has 1 aromatic carbocycles. The van der Waals surface area contributed by atoms with Crippen molar-refractivity contribution in [2.75, 3.05) is 0 Å². The molecule has 0 fully saturated rings. The lowest BCUT2D eigenvalue weighted by atomic mass is 9.82. The van der Waals surface area contributed by atoms with Crippen LogP contribution in [0.1, 0.15) is 28.4 Å². The lowest BCUT2D eigenvalue weighted by Gasteiger charge is -2.26. The van der Waals surface area contributed by atoms with E-state index in [4.69, 9.17) is 14.9 Å². The first-order valence-corrected chi connectivity index (χ1v) is 6.80. The second-order valence-corrected chi connectivity index (χ2v) is 5.20.